The Morgan fingerprint density at radius 3 is 2.72 bits per heavy atom. The number of nitrogens with zero attached hydrogens (tertiary/aromatic N) is 2. The van der Waals surface area contributed by atoms with E-state index in [2.05, 4.69) is 42.9 Å². The Balaban J connectivity index is 2.28. The van der Waals surface area contributed by atoms with Crippen LogP contribution in [0.3, 0.4) is 0 Å². The highest BCUT2D eigenvalue weighted by atomic mass is 16.5. The lowest BCUT2D eigenvalue weighted by Gasteiger charge is -2.37. The quantitative estimate of drug-likeness (QED) is 0.733. The largest absolute Gasteiger partial charge is 0.374 e. The molecule has 0 bridgehead atoms. The molecular formula is C14H31N3O. The standard InChI is InChI=1S/C14H31N3O/c1-12(2)17-6-7-18-14(11-17)10-16(5)9-13(3)8-15-4/h12-15H,6-11H2,1-5H3. The Labute approximate surface area is 113 Å². The Hall–Kier alpha value is -0.160. The second kappa shape index (κ2) is 8.10. The van der Waals surface area contributed by atoms with Crippen molar-refractivity contribution in [1.29, 1.82) is 0 Å². The number of likely N-dealkylation sites (N-methyl/N-ethyl adjacent to an activating group) is 1. The van der Waals surface area contributed by atoms with E-state index in [1.165, 1.54) is 0 Å². The molecule has 0 spiro atoms. The molecule has 0 aromatic rings. The maximum absolute atomic E-state index is 5.87. The molecule has 1 fully saturated rings. The van der Waals surface area contributed by atoms with Crippen LogP contribution in [-0.4, -0.2) is 75.4 Å². The van der Waals surface area contributed by atoms with E-state index in [4.69, 9.17) is 4.74 Å². The molecular weight excluding hydrogens is 226 g/mol. The summed E-state index contributed by atoms with van der Waals surface area (Å²) < 4.78 is 5.87. The van der Waals surface area contributed by atoms with Crippen LogP contribution >= 0.6 is 0 Å². The van der Waals surface area contributed by atoms with Crippen molar-refractivity contribution in [3.05, 3.63) is 0 Å². The number of nitrogens with one attached hydrogen (secondary N) is 1. The summed E-state index contributed by atoms with van der Waals surface area (Å²) in [4.78, 5) is 4.91. The van der Waals surface area contributed by atoms with Crippen LogP contribution in [0.4, 0.5) is 0 Å². The van der Waals surface area contributed by atoms with Crippen LogP contribution in [-0.2, 0) is 4.74 Å². The van der Waals surface area contributed by atoms with E-state index in [9.17, 15) is 0 Å². The first-order valence-corrected chi connectivity index (χ1v) is 7.21. The van der Waals surface area contributed by atoms with Crippen LogP contribution in [0.25, 0.3) is 0 Å². The van der Waals surface area contributed by atoms with E-state index in [0.717, 1.165) is 39.3 Å². The van der Waals surface area contributed by atoms with Crippen LogP contribution in [0, 0.1) is 5.92 Å². The van der Waals surface area contributed by atoms with Gasteiger partial charge in [0.1, 0.15) is 0 Å². The predicted octanol–water partition coefficient (Wildman–Crippen LogP) is 0.883. The van der Waals surface area contributed by atoms with Gasteiger partial charge in [0, 0.05) is 32.2 Å². The third kappa shape index (κ3) is 5.65. The minimum atomic E-state index is 0.368. The summed E-state index contributed by atoms with van der Waals surface area (Å²) in [5.41, 5.74) is 0. The second-order valence-electron chi connectivity index (χ2n) is 5.97. The molecule has 18 heavy (non-hydrogen) atoms. The normalized spacial score (nSPS) is 23.8. The number of ether oxygens (including phenoxy) is 1. The van der Waals surface area contributed by atoms with Crippen molar-refractivity contribution in [3.8, 4) is 0 Å². The van der Waals surface area contributed by atoms with Crippen LogP contribution < -0.4 is 5.32 Å². The highest BCUT2D eigenvalue weighted by molar-refractivity contribution is 4.76. The van der Waals surface area contributed by atoms with E-state index in [0.29, 0.717) is 18.1 Å². The summed E-state index contributed by atoms with van der Waals surface area (Å²) in [6, 6.07) is 0.630. The van der Waals surface area contributed by atoms with E-state index >= 15 is 0 Å². The van der Waals surface area contributed by atoms with Crippen molar-refractivity contribution in [3.63, 3.8) is 0 Å². The van der Waals surface area contributed by atoms with Gasteiger partial charge in [-0.3, -0.25) is 4.90 Å². The lowest BCUT2D eigenvalue weighted by atomic mass is 10.1. The number of rotatable bonds is 7. The highest BCUT2D eigenvalue weighted by Gasteiger charge is 2.23. The van der Waals surface area contributed by atoms with Gasteiger partial charge in [0.15, 0.2) is 0 Å². The third-order valence-electron chi connectivity index (χ3n) is 3.59. The molecule has 0 aromatic heterocycles. The Bertz CT molecular complexity index is 223. The van der Waals surface area contributed by atoms with Gasteiger partial charge in [0.2, 0.25) is 0 Å². The average molecular weight is 257 g/mol. The third-order valence-corrected chi connectivity index (χ3v) is 3.59. The number of morpholine rings is 1. The fourth-order valence-electron chi connectivity index (χ4n) is 2.69. The first kappa shape index (κ1) is 15.9. The fourth-order valence-corrected chi connectivity index (χ4v) is 2.69. The van der Waals surface area contributed by atoms with Gasteiger partial charge in [0.25, 0.3) is 0 Å². The van der Waals surface area contributed by atoms with E-state index in [1.54, 1.807) is 0 Å². The molecule has 1 saturated heterocycles. The monoisotopic (exact) mass is 257 g/mol. The van der Waals surface area contributed by atoms with Gasteiger partial charge in [-0.05, 0) is 40.4 Å². The maximum atomic E-state index is 5.87. The van der Waals surface area contributed by atoms with Gasteiger partial charge in [-0.2, -0.15) is 0 Å². The van der Waals surface area contributed by atoms with Crippen molar-refractivity contribution in [2.45, 2.75) is 32.9 Å². The molecule has 2 atom stereocenters. The minimum Gasteiger partial charge on any atom is -0.374 e. The topological polar surface area (TPSA) is 27.7 Å². The summed E-state index contributed by atoms with van der Waals surface area (Å²) >= 11 is 0. The van der Waals surface area contributed by atoms with Crippen molar-refractivity contribution in [2.24, 2.45) is 5.92 Å². The van der Waals surface area contributed by atoms with E-state index < -0.39 is 0 Å². The van der Waals surface area contributed by atoms with Crippen LogP contribution in [0.2, 0.25) is 0 Å². The summed E-state index contributed by atoms with van der Waals surface area (Å²) in [6.45, 7) is 13.1. The van der Waals surface area contributed by atoms with E-state index in [-0.39, 0.29) is 0 Å². The molecule has 1 heterocycles. The zero-order valence-corrected chi connectivity index (χ0v) is 12.8. The summed E-state index contributed by atoms with van der Waals surface area (Å²) in [5, 5.41) is 3.23. The second-order valence-corrected chi connectivity index (χ2v) is 5.97. The first-order valence-electron chi connectivity index (χ1n) is 7.21. The van der Waals surface area contributed by atoms with Gasteiger partial charge in [-0.15, -0.1) is 0 Å². The Morgan fingerprint density at radius 1 is 1.39 bits per heavy atom. The zero-order chi connectivity index (χ0) is 13.5. The molecule has 0 aliphatic carbocycles. The summed E-state index contributed by atoms with van der Waals surface area (Å²) in [6.07, 6.45) is 0.368. The zero-order valence-electron chi connectivity index (χ0n) is 12.8. The van der Waals surface area contributed by atoms with Crippen molar-refractivity contribution >= 4 is 0 Å². The molecule has 108 valence electrons. The molecule has 0 amide bonds. The molecule has 0 saturated carbocycles. The van der Waals surface area contributed by atoms with Gasteiger partial charge in [0.05, 0.1) is 12.7 Å². The molecule has 0 aromatic carbocycles. The molecule has 1 aliphatic heterocycles. The highest BCUT2D eigenvalue weighted by Crippen LogP contribution is 2.10. The smallest absolute Gasteiger partial charge is 0.0829 e. The molecule has 4 heteroatoms. The summed E-state index contributed by atoms with van der Waals surface area (Å²) in [5.74, 6) is 0.685. The Morgan fingerprint density at radius 2 is 2.11 bits per heavy atom. The minimum absolute atomic E-state index is 0.368. The van der Waals surface area contributed by atoms with Crippen molar-refractivity contribution < 1.29 is 4.74 Å². The van der Waals surface area contributed by atoms with Crippen molar-refractivity contribution in [2.75, 3.05) is 53.4 Å². The van der Waals surface area contributed by atoms with Gasteiger partial charge < -0.3 is 15.0 Å². The molecule has 1 rings (SSSR count). The lowest BCUT2D eigenvalue weighted by molar-refractivity contribution is -0.0504. The van der Waals surface area contributed by atoms with Crippen LogP contribution in [0.15, 0.2) is 0 Å². The SMILES string of the molecule is CNCC(C)CN(C)CC1CN(C(C)C)CCO1. The van der Waals surface area contributed by atoms with Crippen LogP contribution in [0.1, 0.15) is 20.8 Å². The molecule has 0 radical (unpaired) electrons. The van der Waals surface area contributed by atoms with Gasteiger partial charge >= 0.3 is 0 Å². The maximum Gasteiger partial charge on any atom is 0.0829 e. The number of hydrogen-bond donors (Lipinski definition) is 1. The molecule has 4 nitrogen and oxygen atoms in total. The average Bonchev–Trinajstić information content (AvgIpc) is 2.29. The first-order chi connectivity index (χ1) is 8.52. The van der Waals surface area contributed by atoms with Gasteiger partial charge in [-0.25, -0.2) is 0 Å². The predicted molar refractivity (Wildman–Crippen MR) is 77.0 cm³/mol. The molecule has 1 N–H and O–H groups in total. The van der Waals surface area contributed by atoms with E-state index in [1.807, 2.05) is 7.05 Å². The summed E-state index contributed by atoms with van der Waals surface area (Å²) in [7, 11) is 4.21. The number of hydrogen-bond acceptors (Lipinski definition) is 4. The lowest BCUT2D eigenvalue weighted by Crippen LogP contribution is -2.49. The van der Waals surface area contributed by atoms with Crippen LogP contribution in [0.5, 0.6) is 0 Å². The Kier molecular flexibility index (Phi) is 7.15. The van der Waals surface area contributed by atoms with Gasteiger partial charge in [-0.1, -0.05) is 6.92 Å². The molecule has 2 unspecified atom stereocenters. The fraction of sp³-hybridized carbons (Fsp3) is 1.00. The van der Waals surface area contributed by atoms with Crippen molar-refractivity contribution in [1.82, 2.24) is 15.1 Å². The molecule has 1 aliphatic rings.